The molecule has 0 atom stereocenters. The first-order valence-electron chi connectivity index (χ1n) is 5.57. The van der Waals surface area contributed by atoms with Gasteiger partial charge in [-0.2, -0.15) is 0 Å². The summed E-state index contributed by atoms with van der Waals surface area (Å²) in [6.07, 6.45) is 1.72. The van der Waals surface area contributed by atoms with Crippen molar-refractivity contribution in [3.8, 4) is 0 Å². The lowest BCUT2D eigenvalue weighted by Gasteiger charge is -2.04. The van der Waals surface area contributed by atoms with Crippen LogP contribution in [0.25, 0.3) is 16.8 Å². The zero-order valence-electron chi connectivity index (χ0n) is 9.64. The third kappa shape index (κ3) is 2.31. The minimum atomic E-state index is -0.338. The number of thioether (sulfide) groups is 1. The molecule has 19 heavy (non-hydrogen) atoms. The average molecular weight is 334 g/mol. The molecule has 1 N–H and O–H groups in total. The van der Waals surface area contributed by atoms with E-state index >= 15 is 0 Å². The Morgan fingerprint density at radius 1 is 1.11 bits per heavy atom. The minimum absolute atomic E-state index is 0.326. The maximum atomic E-state index is 11.5. The SMILES string of the molecule is O=C1NC(=O)/C(=C/c2ccc3ccccc3c2Br)S1. The fourth-order valence-electron chi connectivity index (χ4n) is 1.92. The molecule has 0 bridgehead atoms. The summed E-state index contributed by atoms with van der Waals surface area (Å²) < 4.78 is 0.922. The molecule has 2 aromatic carbocycles. The smallest absolute Gasteiger partial charge is 0.282 e. The number of rotatable bonds is 1. The van der Waals surface area contributed by atoms with Crippen molar-refractivity contribution in [3.05, 3.63) is 51.3 Å². The van der Waals surface area contributed by atoms with Crippen LogP contribution >= 0.6 is 27.7 Å². The van der Waals surface area contributed by atoms with Crippen molar-refractivity contribution < 1.29 is 9.59 Å². The number of fused-ring (bicyclic) bond motifs is 1. The first kappa shape index (κ1) is 12.4. The number of hydrogen-bond donors (Lipinski definition) is 1. The molecule has 1 fully saturated rings. The monoisotopic (exact) mass is 333 g/mol. The van der Waals surface area contributed by atoms with E-state index in [4.69, 9.17) is 0 Å². The number of carbonyl (C=O) groups is 2. The van der Waals surface area contributed by atoms with Crippen molar-refractivity contribution in [3.63, 3.8) is 0 Å². The average Bonchev–Trinajstić information content (AvgIpc) is 2.72. The van der Waals surface area contributed by atoms with Gasteiger partial charge in [-0.05, 0) is 50.1 Å². The van der Waals surface area contributed by atoms with Crippen LogP contribution < -0.4 is 5.32 Å². The molecule has 0 saturated carbocycles. The van der Waals surface area contributed by atoms with Gasteiger partial charge in [0, 0.05) is 4.47 Å². The van der Waals surface area contributed by atoms with Gasteiger partial charge in [0.15, 0.2) is 0 Å². The summed E-state index contributed by atoms with van der Waals surface area (Å²) in [6.45, 7) is 0. The van der Waals surface area contributed by atoms with Gasteiger partial charge in [0.05, 0.1) is 4.91 Å². The molecule has 1 aliphatic rings. The predicted molar refractivity (Wildman–Crippen MR) is 80.8 cm³/mol. The van der Waals surface area contributed by atoms with E-state index in [1.165, 1.54) is 0 Å². The number of halogens is 1. The van der Waals surface area contributed by atoms with Crippen LogP contribution in [0.3, 0.4) is 0 Å². The number of imide groups is 1. The predicted octanol–water partition coefficient (Wildman–Crippen LogP) is 3.93. The molecule has 5 heteroatoms. The molecule has 94 valence electrons. The molecule has 3 rings (SSSR count). The van der Waals surface area contributed by atoms with Gasteiger partial charge >= 0.3 is 0 Å². The molecule has 1 heterocycles. The lowest BCUT2D eigenvalue weighted by Crippen LogP contribution is -2.17. The summed E-state index contributed by atoms with van der Waals surface area (Å²) in [5.41, 5.74) is 0.881. The second-order valence-corrected chi connectivity index (χ2v) is 5.85. The van der Waals surface area contributed by atoms with Gasteiger partial charge in [0.1, 0.15) is 0 Å². The molecule has 2 amide bonds. The fraction of sp³-hybridized carbons (Fsp3) is 0. The maximum Gasteiger partial charge on any atom is 0.290 e. The largest absolute Gasteiger partial charge is 0.290 e. The maximum absolute atomic E-state index is 11.5. The van der Waals surface area contributed by atoms with Crippen LogP contribution in [0.5, 0.6) is 0 Å². The van der Waals surface area contributed by atoms with Crippen LogP contribution in [0.1, 0.15) is 5.56 Å². The van der Waals surface area contributed by atoms with Crippen molar-refractivity contribution in [1.29, 1.82) is 0 Å². The van der Waals surface area contributed by atoms with Crippen LogP contribution in [0.2, 0.25) is 0 Å². The Bertz CT molecular complexity index is 739. The highest BCUT2D eigenvalue weighted by molar-refractivity contribution is 9.10. The van der Waals surface area contributed by atoms with Crippen molar-refractivity contribution in [1.82, 2.24) is 5.32 Å². The number of carbonyl (C=O) groups excluding carboxylic acids is 2. The van der Waals surface area contributed by atoms with E-state index in [1.807, 2.05) is 36.4 Å². The summed E-state index contributed by atoms with van der Waals surface area (Å²) in [6, 6.07) is 11.9. The zero-order chi connectivity index (χ0) is 13.4. The molecule has 0 aliphatic carbocycles. The molecule has 3 nitrogen and oxygen atoms in total. The first-order valence-corrected chi connectivity index (χ1v) is 7.18. The number of amides is 2. The van der Waals surface area contributed by atoms with E-state index in [0.717, 1.165) is 32.6 Å². The summed E-state index contributed by atoms with van der Waals surface area (Å²) >= 11 is 4.48. The zero-order valence-corrected chi connectivity index (χ0v) is 12.0. The Kier molecular flexibility index (Phi) is 3.16. The first-order chi connectivity index (χ1) is 9.15. The van der Waals surface area contributed by atoms with Crippen LogP contribution in [-0.2, 0) is 4.79 Å². The van der Waals surface area contributed by atoms with Gasteiger partial charge in [-0.25, -0.2) is 0 Å². The lowest BCUT2D eigenvalue weighted by molar-refractivity contribution is -0.115. The highest BCUT2D eigenvalue weighted by Crippen LogP contribution is 2.32. The van der Waals surface area contributed by atoms with Crippen molar-refractivity contribution in [2.24, 2.45) is 0 Å². The summed E-state index contributed by atoms with van der Waals surface area (Å²) in [4.78, 5) is 23.1. The molecule has 0 unspecified atom stereocenters. The van der Waals surface area contributed by atoms with Crippen LogP contribution in [0.15, 0.2) is 45.8 Å². The van der Waals surface area contributed by atoms with E-state index in [0.29, 0.717) is 4.91 Å². The Hall–Kier alpha value is -1.59. The summed E-state index contributed by atoms with van der Waals surface area (Å²) in [5, 5.41) is 4.12. The van der Waals surface area contributed by atoms with Crippen LogP contribution in [-0.4, -0.2) is 11.1 Å². The summed E-state index contributed by atoms with van der Waals surface area (Å²) in [5.74, 6) is -0.338. The lowest BCUT2D eigenvalue weighted by atomic mass is 10.1. The van der Waals surface area contributed by atoms with E-state index < -0.39 is 0 Å². The van der Waals surface area contributed by atoms with Gasteiger partial charge in [0.2, 0.25) is 0 Å². The van der Waals surface area contributed by atoms with E-state index in [2.05, 4.69) is 21.2 Å². The molecule has 1 aliphatic heterocycles. The number of benzene rings is 2. The van der Waals surface area contributed by atoms with Gasteiger partial charge in [-0.15, -0.1) is 0 Å². The van der Waals surface area contributed by atoms with Crippen LogP contribution in [0.4, 0.5) is 4.79 Å². The van der Waals surface area contributed by atoms with Gasteiger partial charge in [-0.1, -0.05) is 36.4 Å². The molecule has 2 aromatic rings. The van der Waals surface area contributed by atoms with E-state index in [-0.39, 0.29) is 11.1 Å². The third-order valence-corrected chi connectivity index (χ3v) is 4.52. The Balaban J connectivity index is 2.11. The molecule has 1 saturated heterocycles. The van der Waals surface area contributed by atoms with E-state index in [9.17, 15) is 9.59 Å². The second-order valence-electron chi connectivity index (χ2n) is 4.04. The van der Waals surface area contributed by atoms with E-state index in [1.54, 1.807) is 6.08 Å². The van der Waals surface area contributed by atoms with Gasteiger partial charge < -0.3 is 0 Å². The summed E-state index contributed by atoms with van der Waals surface area (Å²) in [7, 11) is 0. The van der Waals surface area contributed by atoms with Crippen LogP contribution in [0, 0.1) is 0 Å². The Labute approximate surface area is 122 Å². The second kappa shape index (κ2) is 4.83. The molecular weight excluding hydrogens is 326 g/mol. The Morgan fingerprint density at radius 2 is 1.89 bits per heavy atom. The highest BCUT2D eigenvalue weighted by Gasteiger charge is 2.25. The molecule has 0 radical (unpaired) electrons. The number of hydrogen-bond acceptors (Lipinski definition) is 3. The van der Waals surface area contributed by atoms with Gasteiger partial charge in [0.25, 0.3) is 11.1 Å². The quantitative estimate of drug-likeness (QED) is 0.804. The topological polar surface area (TPSA) is 46.2 Å². The van der Waals surface area contributed by atoms with Crippen molar-refractivity contribution >= 4 is 55.7 Å². The third-order valence-electron chi connectivity index (χ3n) is 2.82. The molecule has 0 aromatic heterocycles. The van der Waals surface area contributed by atoms with Gasteiger partial charge in [-0.3, -0.25) is 14.9 Å². The van der Waals surface area contributed by atoms with Crippen molar-refractivity contribution in [2.75, 3.05) is 0 Å². The Morgan fingerprint density at radius 3 is 2.63 bits per heavy atom. The van der Waals surface area contributed by atoms with Crippen molar-refractivity contribution in [2.45, 2.75) is 0 Å². The standard InChI is InChI=1S/C14H8BrNO2S/c15-12-9(7-11-13(17)16-14(18)19-11)6-5-8-3-1-2-4-10(8)12/h1-7H,(H,16,17,18)/b11-7-. The molecular formula is C14H8BrNO2S. The fourth-order valence-corrected chi connectivity index (χ4v) is 3.20. The normalized spacial score (nSPS) is 17.2. The minimum Gasteiger partial charge on any atom is -0.282 e. The number of nitrogens with one attached hydrogen (secondary N) is 1. The molecule has 0 spiro atoms. The highest BCUT2D eigenvalue weighted by atomic mass is 79.9.